The van der Waals surface area contributed by atoms with Gasteiger partial charge < -0.3 is 20.3 Å². The van der Waals surface area contributed by atoms with Crippen LogP contribution in [0.25, 0.3) is 0 Å². The Bertz CT molecular complexity index is 944. The molecule has 1 saturated heterocycles. The van der Waals surface area contributed by atoms with Crippen molar-refractivity contribution >= 4 is 35.1 Å². The maximum atomic E-state index is 12.8. The van der Waals surface area contributed by atoms with Gasteiger partial charge in [0.05, 0.1) is 12.1 Å². The molecule has 0 unspecified atom stereocenters. The van der Waals surface area contributed by atoms with E-state index in [1.54, 1.807) is 17.0 Å². The van der Waals surface area contributed by atoms with E-state index in [2.05, 4.69) is 10.6 Å². The number of nitrogens with zero attached hydrogens (tertiary/aromatic N) is 1. The average Bonchev–Trinajstić information content (AvgIpc) is 3.18. The normalized spacial score (nSPS) is 13.1. The molecule has 2 aromatic rings. The first-order valence-corrected chi connectivity index (χ1v) is 9.32. The lowest BCUT2D eigenvalue weighted by Gasteiger charge is -2.15. The summed E-state index contributed by atoms with van der Waals surface area (Å²) in [5.74, 6) is -2.22. The Hall–Kier alpha value is -3.75. The molecule has 1 aliphatic rings. The Labute approximate surface area is 172 Å². The lowest BCUT2D eigenvalue weighted by Crippen LogP contribution is -2.35. The third-order valence-electron chi connectivity index (χ3n) is 4.40. The topological polar surface area (TPSA) is 105 Å². The number of hydrogen-bond donors (Lipinski definition) is 2. The maximum absolute atomic E-state index is 12.8. The molecule has 3 rings (SSSR count). The molecule has 0 radical (unpaired) electrons. The van der Waals surface area contributed by atoms with Crippen molar-refractivity contribution in [3.8, 4) is 0 Å². The van der Waals surface area contributed by atoms with Gasteiger partial charge in [0.1, 0.15) is 5.82 Å². The Kier molecular flexibility index (Phi) is 6.74. The molecule has 1 fully saturated rings. The van der Waals surface area contributed by atoms with Crippen LogP contribution in [-0.4, -0.2) is 43.4 Å². The first-order chi connectivity index (χ1) is 14.4. The summed E-state index contributed by atoms with van der Waals surface area (Å²) < 4.78 is 17.8. The standard InChI is InChI=1S/C21H20FN3O5/c22-15-5-7-16(8-6-15)24-18(26)12-23-19(27)13-30-21(29)14-3-9-17(10-4-14)25-11-1-2-20(25)28/h3-10H,1-2,11-13H2,(H,23,27)(H,24,26). The van der Waals surface area contributed by atoms with E-state index >= 15 is 0 Å². The predicted molar refractivity (Wildman–Crippen MR) is 106 cm³/mol. The van der Waals surface area contributed by atoms with Gasteiger partial charge in [0, 0.05) is 24.3 Å². The Morgan fingerprint density at radius 1 is 1.00 bits per heavy atom. The van der Waals surface area contributed by atoms with Crippen LogP contribution in [0.2, 0.25) is 0 Å². The van der Waals surface area contributed by atoms with E-state index in [0.29, 0.717) is 24.3 Å². The molecule has 0 saturated carbocycles. The molecule has 1 heterocycles. The third-order valence-corrected chi connectivity index (χ3v) is 4.40. The number of nitrogens with one attached hydrogen (secondary N) is 2. The van der Waals surface area contributed by atoms with Gasteiger partial charge in [-0.1, -0.05) is 0 Å². The van der Waals surface area contributed by atoms with Gasteiger partial charge >= 0.3 is 5.97 Å². The van der Waals surface area contributed by atoms with E-state index in [4.69, 9.17) is 4.74 Å². The van der Waals surface area contributed by atoms with Gasteiger partial charge in [0.25, 0.3) is 5.91 Å². The first-order valence-electron chi connectivity index (χ1n) is 9.32. The highest BCUT2D eigenvalue weighted by atomic mass is 19.1. The fourth-order valence-corrected chi connectivity index (χ4v) is 2.88. The zero-order valence-corrected chi connectivity index (χ0v) is 16.0. The average molecular weight is 413 g/mol. The van der Waals surface area contributed by atoms with Gasteiger partial charge in [-0.3, -0.25) is 14.4 Å². The van der Waals surface area contributed by atoms with E-state index in [1.165, 1.54) is 36.4 Å². The lowest BCUT2D eigenvalue weighted by atomic mass is 10.2. The van der Waals surface area contributed by atoms with E-state index < -0.39 is 30.2 Å². The molecule has 1 aliphatic heterocycles. The molecule has 2 aromatic carbocycles. The zero-order valence-electron chi connectivity index (χ0n) is 16.0. The maximum Gasteiger partial charge on any atom is 0.338 e. The number of esters is 1. The summed E-state index contributed by atoms with van der Waals surface area (Å²) in [6.45, 7) is -0.223. The lowest BCUT2D eigenvalue weighted by molar-refractivity contribution is -0.126. The summed E-state index contributed by atoms with van der Waals surface area (Å²) in [4.78, 5) is 49.0. The highest BCUT2D eigenvalue weighted by molar-refractivity contribution is 5.97. The van der Waals surface area contributed by atoms with Crippen LogP contribution in [0, 0.1) is 5.82 Å². The van der Waals surface area contributed by atoms with Crippen LogP contribution in [-0.2, 0) is 19.1 Å². The van der Waals surface area contributed by atoms with Crippen molar-refractivity contribution < 1.29 is 28.3 Å². The number of rotatable bonds is 7. The number of halogens is 1. The minimum absolute atomic E-state index is 0.0467. The number of carbonyl (C=O) groups is 4. The number of benzene rings is 2. The van der Waals surface area contributed by atoms with Crippen LogP contribution in [0.1, 0.15) is 23.2 Å². The van der Waals surface area contributed by atoms with Gasteiger partial charge in [-0.25, -0.2) is 9.18 Å². The second kappa shape index (κ2) is 9.64. The second-order valence-corrected chi connectivity index (χ2v) is 6.60. The van der Waals surface area contributed by atoms with Crippen molar-refractivity contribution in [3.63, 3.8) is 0 Å². The van der Waals surface area contributed by atoms with Crippen LogP contribution in [0.5, 0.6) is 0 Å². The van der Waals surface area contributed by atoms with E-state index in [-0.39, 0.29) is 18.0 Å². The van der Waals surface area contributed by atoms with Gasteiger partial charge in [-0.2, -0.15) is 0 Å². The molecule has 0 aliphatic carbocycles. The fraction of sp³-hybridized carbons (Fsp3) is 0.238. The largest absolute Gasteiger partial charge is 0.452 e. The molecule has 0 bridgehead atoms. The molecular weight excluding hydrogens is 393 g/mol. The molecule has 8 nitrogen and oxygen atoms in total. The van der Waals surface area contributed by atoms with E-state index in [1.807, 2.05) is 0 Å². The number of amides is 3. The molecular formula is C21H20FN3O5. The van der Waals surface area contributed by atoms with Gasteiger partial charge in [-0.15, -0.1) is 0 Å². The van der Waals surface area contributed by atoms with Crippen LogP contribution in [0.4, 0.5) is 15.8 Å². The predicted octanol–water partition coefficient (Wildman–Crippen LogP) is 1.86. The number of carbonyl (C=O) groups excluding carboxylic acids is 4. The third kappa shape index (κ3) is 5.63. The summed E-state index contributed by atoms with van der Waals surface area (Å²) in [6.07, 6.45) is 1.32. The molecule has 156 valence electrons. The number of hydrogen-bond acceptors (Lipinski definition) is 5. The van der Waals surface area contributed by atoms with Crippen LogP contribution in [0.15, 0.2) is 48.5 Å². The van der Waals surface area contributed by atoms with Crippen molar-refractivity contribution in [2.75, 3.05) is 29.9 Å². The van der Waals surface area contributed by atoms with Crippen LogP contribution >= 0.6 is 0 Å². The highest BCUT2D eigenvalue weighted by Gasteiger charge is 2.22. The Morgan fingerprint density at radius 2 is 1.70 bits per heavy atom. The molecule has 3 amide bonds. The smallest absolute Gasteiger partial charge is 0.338 e. The molecule has 0 atom stereocenters. The quantitative estimate of drug-likeness (QED) is 0.675. The van der Waals surface area contributed by atoms with Gasteiger partial charge in [0.2, 0.25) is 11.8 Å². The molecule has 30 heavy (non-hydrogen) atoms. The van der Waals surface area contributed by atoms with Crippen LogP contribution < -0.4 is 15.5 Å². The highest BCUT2D eigenvalue weighted by Crippen LogP contribution is 2.21. The summed E-state index contributed by atoms with van der Waals surface area (Å²) in [5, 5.41) is 4.82. The monoisotopic (exact) mass is 413 g/mol. The summed E-state index contributed by atoms with van der Waals surface area (Å²) >= 11 is 0. The van der Waals surface area contributed by atoms with Crippen molar-refractivity contribution in [3.05, 3.63) is 59.9 Å². The molecule has 0 aromatic heterocycles. The number of ether oxygens (including phenoxy) is 1. The Morgan fingerprint density at radius 3 is 2.33 bits per heavy atom. The first kappa shape index (κ1) is 21.0. The van der Waals surface area contributed by atoms with Crippen molar-refractivity contribution in [2.45, 2.75) is 12.8 Å². The van der Waals surface area contributed by atoms with Crippen molar-refractivity contribution in [2.24, 2.45) is 0 Å². The van der Waals surface area contributed by atoms with Crippen molar-refractivity contribution in [1.29, 1.82) is 0 Å². The molecule has 0 spiro atoms. The van der Waals surface area contributed by atoms with E-state index in [9.17, 15) is 23.6 Å². The summed E-state index contributed by atoms with van der Waals surface area (Å²) in [7, 11) is 0. The van der Waals surface area contributed by atoms with Crippen molar-refractivity contribution in [1.82, 2.24) is 5.32 Å². The fourth-order valence-electron chi connectivity index (χ4n) is 2.88. The second-order valence-electron chi connectivity index (χ2n) is 6.60. The SMILES string of the molecule is O=C(COC(=O)c1ccc(N2CCCC2=O)cc1)NCC(=O)Nc1ccc(F)cc1. The molecule has 9 heteroatoms. The summed E-state index contributed by atoms with van der Waals surface area (Å²) in [5.41, 5.74) is 1.34. The number of anilines is 2. The summed E-state index contributed by atoms with van der Waals surface area (Å²) in [6, 6.07) is 11.5. The van der Waals surface area contributed by atoms with Crippen LogP contribution in [0.3, 0.4) is 0 Å². The minimum Gasteiger partial charge on any atom is -0.452 e. The van der Waals surface area contributed by atoms with E-state index in [0.717, 1.165) is 6.42 Å². The van der Waals surface area contributed by atoms with Gasteiger partial charge in [0.15, 0.2) is 6.61 Å². The molecule has 2 N–H and O–H groups in total. The Balaban J connectivity index is 1.40. The minimum atomic E-state index is -0.694. The zero-order chi connectivity index (χ0) is 21.5. The van der Waals surface area contributed by atoms with Gasteiger partial charge in [-0.05, 0) is 55.0 Å².